The van der Waals surface area contributed by atoms with Crippen molar-refractivity contribution in [3.63, 3.8) is 0 Å². The van der Waals surface area contributed by atoms with Gasteiger partial charge in [0.2, 0.25) is 0 Å². The number of aryl methyl sites for hydroxylation is 1. The number of rotatable bonds is 6. The topological polar surface area (TPSA) is 20.3 Å². The van der Waals surface area contributed by atoms with Gasteiger partial charge in [0.1, 0.15) is 5.82 Å². The number of halogens is 1. The highest BCUT2D eigenvalue weighted by molar-refractivity contribution is 5.94. The maximum atomic E-state index is 13.9. The number of hydrogen-bond donors (Lipinski definition) is 0. The predicted molar refractivity (Wildman–Crippen MR) is 76.8 cm³/mol. The van der Waals surface area contributed by atoms with Crippen molar-refractivity contribution in [1.82, 2.24) is 4.90 Å². The standard InChI is InChI=1S/C16H24FNO/c1-5-7-10-18(13(4)6-2)16(19)14-9-8-12(3)11-15(14)17/h8-9,11,13H,5-7,10H2,1-4H3. The van der Waals surface area contributed by atoms with Crippen molar-refractivity contribution >= 4 is 5.91 Å². The molecule has 0 spiro atoms. The molecule has 3 heteroatoms. The molecule has 1 aromatic rings. The summed E-state index contributed by atoms with van der Waals surface area (Å²) in [5.41, 5.74) is 1.01. The zero-order valence-electron chi connectivity index (χ0n) is 12.4. The van der Waals surface area contributed by atoms with E-state index in [2.05, 4.69) is 6.92 Å². The van der Waals surface area contributed by atoms with Crippen molar-refractivity contribution in [3.05, 3.63) is 35.1 Å². The first-order valence-corrected chi connectivity index (χ1v) is 7.08. The second-order valence-corrected chi connectivity index (χ2v) is 5.09. The lowest BCUT2D eigenvalue weighted by Crippen LogP contribution is -2.39. The number of nitrogens with zero attached hydrogens (tertiary/aromatic N) is 1. The van der Waals surface area contributed by atoms with Gasteiger partial charge in [-0.25, -0.2) is 4.39 Å². The van der Waals surface area contributed by atoms with E-state index in [9.17, 15) is 9.18 Å². The maximum absolute atomic E-state index is 13.9. The molecule has 0 bridgehead atoms. The van der Waals surface area contributed by atoms with Gasteiger partial charge in [-0.3, -0.25) is 4.79 Å². The van der Waals surface area contributed by atoms with E-state index in [1.165, 1.54) is 6.07 Å². The summed E-state index contributed by atoms with van der Waals surface area (Å²) in [5, 5.41) is 0. The molecule has 0 heterocycles. The molecule has 0 aromatic heterocycles. The summed E-state index contributed by atoms with van der Waals surface area (Å²) in [6.45, 7) is 8.66. The molecule has 0 N–H and O–H groups in total. The quantitative estimate of drug-likeness (QED) is 0.755. The minimum Gasteiger partial charge on any atom is -0.336 e. The van der Waals surface area contributed by atoms with Gasteiger partial charge in [-0.2, -0.15) is 0 Å². The Morgan fingerprint density at radius 2 is 2.05 bits per heavy atom. The molecule has 0 saturated carbocycles. The fourth-order valence-electron chi connectivity index (χ4n) is 2.02. The average molecular weight is 265 g/mol. The van der Waals surface area contributed by atoms with Gasteiger partial charge in [0.05, 0.1) is 5.56 Å². The van der Waals surface area contributed by atoms with E-state index in [-0.39, 0.29) is 17.5 Å². The number of amides is 1. The molecule has 106 valence electrons. The van der Waals surface area contributed by atoms with Gasteiger partial charge in [0.15, 0.2) is 0 Å². The molecule has 0 aliphatic carbocycles. The smallest absolute Gasteiger partial charge is 0.257 e. The van der Waals surface area contributed by atoms with Crippen LogP contribution in [-0.4, -0.2) is 23.4 Å². The summed E-state index contributed by atoms with van der Waals surface area (Å²) in [7, 11) is 0. The first kappa shape index (κ1) is 15.7. The SMILES string of the molecule is CCCCN(C(=O)c1ccc(C)cc1F)C(C)CC. The van der Waals surface area contributed by atoms with E-state index < -0.39 is 5.82 Å². The van der Waals surface area contributed by atoms with Gasteiger partial charge in [0.25, 0.3) is 5.91 Å². The summed E-state index contributed by atoms with van der Waals surface area (Å²) in [4.78, 5) is 14.3. The van der Waals surface area contributed by atoms with E-state index in [1.807, 2.05) is 20.8 Å². The minimum atomic E-state index is -0.421. The number of unbranched alkanes of at least 4 members (excludes halogenated alkanes) is 1. The largest absolute Gasteiger partial charge is 0.336 e. The summed E-state index contributed by atoms with van der Waals surface area (Å²) >= 11 is 0. The van der Waals surface area contributed by atoms with E-state index >= 15 is 0 Å². The van der Waals surface area contributed by atoms with Crippen LogP contribution in [-0.2, 0) is 0 Å². The third-order valence-corrected chi connectivity index (χ3v) is 3.49. The number of benzene rings is 1. The Balaban J connectivity index is 2.97. The Labute approximate surface area is 115 Å². The zero-order chi connectivity index (χ0) is 14.4. The third kappa shape index (κ3) is 4.05. The van der Waals surface area contributed by atoms with Crippen molar-refractivity contribution in [2.75, 3.05) is 6.54 Å². The van der Waals surface area contributed by atoms with Gasteiger partial charge in [-0.1, -0.05) is 26.3 Å². The summed E-state index contributed by atoms with van der Waals surface area (Å²) in [5.74, 6) is -0.616. The first-order chi connectivity index (χ1) is 9.01. The fourth-order valence-corrected chi connectivity index (χ4v) is 2.02. The van der Waals surface area contributed by atoms with Gasteiger partial charge < -0.3 is 4.90 Å². The molecule has 1 unspecified atom stereocenters. The van der Waals surface area contributed by atoms with E-state index in [0.717, 1.165) is 24.8 Å². The van der Waals surface area contributed by atoms with Crippen LogP contribution in [0.1, 0.15) is 56.0 Å². The van der Waals surface area contributed by atoms with Crippen LogP contribution in [0.2, 0.25) is 0 Å². The van der Waals surface area contributed by atoms with Crippen LogP contribution in [0.4, 0.5) is 4.39 Å². The lowest BCUT2D eigenvalue weighted by atomic mass is 10.1. The molecule has 1 rings (SSSR count). The van der Waals surface area contributed by atoms with E-state index in [1.54, 1.807) is 17.0 Å². The van der Waals surface area contributed by atoms with Crippen molar-refractivity contribution in [3.8, 4) is 0 Å². The first-order valence-electron chi connectivity index (χ1n) is 7.08. The van der Waals surface area contributed by atoms with Crippen LogP contribution < -0.4 is 0 Å². The van der Waals surface area contributed by atoms with Crippen molar-refractivity contribution in [2.24, 2.45) is 0 Å². The van der Waals surface area contributed by atoms with Crippen LogP contribution >= 0.6 is 0 Å². The monoisotopic (exact) mass is 265 g/mol. The lowest BCUT2D eigenvalue weighted by Gasteiger charge is -2.29. The minimum absolute atomic E-state index is 0.139. The third-order valence-electron chi connectivity index (χ3n) is 3.49. The molecule has 1 atom stereocenters. The molecule has 0 saturated heterocycles. The van der Waals surface area contributed by atoms with E-state index in [0.29, 0.717) is 6.54 Å². The van der Waals surface area contributed by atoms with Crippen LogP contribution in [0.3, 0.4) is 0 Å². The molecular weight excluding hydrogens is 241 g/mol. The van der Waals surface area contributed by atoms with Gasteiger partial charge in [-0.15, -0.1) is 0 Å². The molecule has 0 radical (unpaired) electrons. The summed E-state index contributed by atoms with van der Waals surface area (Å²) in [6.07, 6.45) is 2.85. The van der Waals surface area contributed by atoms with Crippen molar-refractivity contribution in [1.29, 1.82) is 0 Å². The van der Waals surface area contributed by atoms with Crippen LogP contribution in [0.25, 0.3) is 0 Å². The summed E-state index contributed by atoms with van der Waals surface area (Å²) in [6, 6.07) is 4.93. The van der Waals surface area contributed by atoms with Crippen molar-refractivity contribution < 1.29 is 9.18 Å². The Kier molecular flexibility index (Phi) is 6.00. The van der Waals surface area contributed by atoms with Gasteiger partial charge in [-0.05, 0) is 44.4 Å². The molecule has 1 amide bonds. The van der Waals surface area contributed by atoms with Gasteiger partial charge in [0, 0.05) is 12.6 Å². The molecule has 0 aliphatic heterocycles. The Morgan fingerprint density at radius 1 is 1.37 bits per heavy atom. The highest BCUT2D eigenvalue weighted by Crippen LogP contribution is 2.16. The van der Waals surface area contributed by atoms with E-state index in [4.69, 9.17) is 0 Å². The van der Waals surface area contributed by atoms with Crippen LogP contribution in [0.5, 0.6) is 0 Å². The molecule has 2 nitrogen and oxygen atoms in total. The predicted octanol–water partition coefficient (Wildman–Crippen LogP) is 4.17. The zero-order valence-corrected chi connectivity index (χ0v) is 12.4. The van der Waals surface area contributed by atoms with Crippen LogP contribution in [0.15, 0.2) is 18.2 Å². The molecule has 1 aromatic carbocycles. The average Bonchev–Trinajstić information content (AvgIpc) is 2.38. The highest BCUT2D eigenvalue weighted by Gasteiger charge is 2.22. The highest BCUT2D eigenvalue weighted by atomic mass is 19.1. The molecule has 19 heavy (non-hydrogen) atoms. The maximum Gasteiger partial charge on any atom is 0.257 e. The lowest BCUT2D eigenvalue weighted by molar-refractivity contribution is 0.0680. The number of carbonyl (C=O) groups excluding carboxylic acids is 1. The Bertz CT molecular complexity index is 431. The normalized spacial score (nSPS) is 12.3. The Morgan fingerprint density at radius 3 is 2.58 bits per heavy atom. The Hall–Kier alpha value is -1.38. The second kappa shape index (κ2) is 7.27. The van der Waals surface area contributed by atoms with Crippen LogP contribution in [0, 0.1) is 12.7 Å². The number of carbonyl (C=O) groups is 1. The van der Waals surface area contributed by atoms with Gasteiger partial charge >= 0.3 is 0 Å². The molecule has 0 aliphatic rings. The number of hydrogen-bond acceptors (Lipinski definition) is 1. The summed E-state index contributed by atoms with van der Waals surface area (Å²) < 4.78 is 13.9. The second-order valence-electron chi connectivity index (χ2n) is 5.09. The fraction of sp³-hybridized carbons (Fsp3) is 0.562. The molecule has 0 fully saturated rings. The molecular formula is C16H24FNO. The van der Waals surface area contributed by atoms with Crippen molar-refractivity contribution in [2.45, 2.75) is 53.0 Å².